The molecule has 9 heteroatoms. The van der Waals surface area contributed by atoms with Crippen LogP contribution >= 0.6 is 0 Å². The van der Waals surface area contributed by atoms with E-state index in [1.54, 1.807) is 30.4 Å². The second kappa shape index (κ2) is 9.61. The summed E-state index contributed by atoms with van der Waals surface area (Å²) in [5.74, 6) is 1.27. The fraction of sp³-hybridized carbons (Fsp3) is 0.130. The van der Waals surface area contributed by atoms with E-state index >= 15 is 0 Å². The first-order valence-electron chi connectivity index (χ1n) is 10.0. The summed E-state index contributed by atoms with van der Waals surface area (Å²) in [4.78, 5) is 35.6. The first-order chi connectivity index (χ1) is 15.6. The minimum absolute atomic E-state index is 0.205. The maximum Gasteiger partial charge on any atom is 0.254 e. The SMILES string of the molecule is CN(c1ccnc(NCCc2cccnc2)n1)c1nc(-c2ccccc2)ncc1C(N)=O. The molecule has 160 valence electrons. The van der Waals surface area contributed by atoms with E-state index in [0.29, 0.717) is 30.0 Å². The fourth-order valence-electron chi connectivity index (χ4n) is 3.12. The summed E-state index contributed by atoms with van der Waals surface area (Å²) in [5, 5.41) is 3.21. The van der Waals surface area contributed by atoms with Crippen molar-refractivity contribution in [3.8, 4) is 11.4 Å². The third-order valence-corrected chi connectivity index (χ3v) is 4.79. The van der Waals surface area contributed by atoms with Crippen molar-refractivity contribution in [2.75, 3.05) is 23.8 Å². The molecule has 3 aromatic heterocycles. The van der Waals surface area contributed by atoms with Gasteiger partial charge in [-0.05, 0) is 24.1 Å². The number of hydrogen-bond acceptors (Lipinski definition) is 8. The molecule has 0 atom stereocenters. The number of amides is 1. The van der Waals surface area contributed by atoms with Crippen molar-refractivity contribution in [2.45, 2.75) is 6.42 Å². The van der Waals surface area contributed by atoms with Crippen molar-refractivity contribution < 1.29 is 4.79 Å². The number of pyridine rings is 1. The zero-order chi connectivity index (χ0) is 22.3. The Balaban J connectivity index is 1.57. The second-order valence-corrected chi connectivity index (χ2v) is 7.00. The molecule has 0 aliphatic rings. The maximum absolute atomic E-state index is 12.0. The predicted octanol–water partition coefficient (Wildman–Crippen LogP) is 2.85. The molecule has 1 amide bonds. The first-order valence-corrected chi connectivity index (χ1v) is 10.0. The molecule has 0 aliphatic heterocycles. The predicted molar refractivity (Wildman–Crippen MR) is 123 cm³/mol. The molecule has 3 heterocycles. The maximum atomic E-state index is 12.0. The van der Waals surface area contributed by atoms with E-state index in [2.05, 4.69) is 30.2 Å². The van der Waals surface area contributed by atoms with E-state index in [4.69, 9.17) is 5.73 Å². The van der Waals surface area contributed by atoms with Crippen molar-refractivity contribution in [3.05, 3.63) is 84.4 Å². The minimum atomic E-state index is -0.615. The van der Waals surface area contributed by atoms with E-state index < -0.39 is 5.91 Å². The Morgan fingerprint density at radius 1 is 1.00 bits per heavy atom. The molecular weight excluding hydrogens is 404 g/mol. The lowest BCUT2D eigenvalue weighted by Gasteiger charge is -2.20. The first kappa shape index (κ1) is 20.9. The highest BCUT2D eigenvalue weighted by molar-refractivity contribution is 5.98. The van der Waals surface area contributed by atoms with Gasteiger partial charge in [0.15, 0.2) is 11.6 Å². The molecule has 32 heavy (non-hydrogen) atoms. The number of primary amides is 1. The van der Waals surface area contributed by atoms with E-state index in [1.165, 1.54) is 6.20 Å². The topological polar surface area (TPSA) is 123 Å². The molecule has 0 bridgehead atoms. The van der Waals surface area contributed by atoms with Crippen LogP contribution in [0, 0.1) is 0 Å². The summed E-state index contributed by atoms with van der Waals surface area (Å²) >= 11 is 0. The molecule has 4 aromatic rings. The van der Waals surface area contributed by atoms with E-state index in [0.717, 1.165) is 17.5 Å². The molecule has 3 N–H and O–H groups in total. The molecule has 0 radical (unpaired) electrons. The number of anilines is 3. The summed E-state index contributed by atoms with van der Waals surface area (Å²) in [6.45, 7) is 0.650. The van der Waals surface area contributed by atoms with Gasteiger partial charge in [-0.15, -0.1) is 0 Å². The summed E-state index contributed by atoms with van der Waals surface area (Å²) in [6, 6.07) is 15.2. The Labute approximate surface area is 185 Å². The highest BCUT2D eigenvalue weighted by Crippen LogP contribution is 2.26. The van der Waals surface area contributed by atoms with Crippen LogP contribution in [-0.4, -0.2) is 44.4 Å². The molecule has 0 saturated carbocycles. The van der Waals surface area contributed by atoms with Gasteiger partial charge in [0, 0.05) is 43.9 Å². The van der Waals surface area contributed by atoms with Crippen molar-refractivity contribution in [3.63, 3.8) is 0 Å². The van der Waals surface area contributed by atoms with Gasteiger partial charge in [-0.1, -0.05) is 36.4 Å². The van der Waals surface area contributed by atoms with Crippen LogP contribution in [0.2, 0.25) is 0 Å². The zero-order valence-corrected chi connectivity index (χ0v) is 17.5. The fourth-order valence-corrected chi connectivity index (χ4v) is 3.12. The van der Waals surface area contributed by atoms with Gasteiger partial charge in [-0.3, -0.25) is 9.78 Å². The lowest BCUT2D eigenvalue weighted by Crippen LogP contribution is -2.22. The lowest BCUT2D eigenvalue weighted by molar-refractivity contribution is 0.1000. The third-order valence-electron chi connectivity index (χ3n) is 4.79. The molecule has 0 aliphatic carbocycles. The second-order valence-electron chi connectivity index (χ2n) is 7.00. The highest BCUT2D eigenvalue weighted by Gasteiger charge is 2.19. The van der Waals surface area contributed by atoms with Gasteiger partial charge >= 0.3 is 0 Å². The molecule has 4 rings (SSSR count). The van der Waals surface area contributed by atoms with Crippen LogP contribution in [0.15, 0.2) is 73.3 Å². The number of nitrogens with zero attached hydrogens (tertiary/aromatic N) is 6. The van der Waals surface area contributed by atoms with Crippen molar-refractivity contribution in [2.24, 2.45) is 5.73 Å². The minimum Gasteiger partial charge on any atom is -0.365 e. The number of nitrogens with one attached hydrogen (secondary N) is 1. The molecule has 0 unspecified atom stereocenters. The van der Waals surface area contributed by atoms with Crippen LogP contribution in [0.1, 0.15) is 15.9 Å². The molecular formula is C23H22N8O. The average molecular weight is 426 g/mol. The Bertz CT molecular complexity index is 1200. The van der Waals surface area contributed by atoms with Crippen LogP contribution in [-0.2, 0) is 6.42 Å². The van der Waals surface area contributed by atoms with Gasteiger partial charge in [-0.2, -0.15) is 4.98 Å². The van der Waals surface area contributed by atoms with Crippen LogP contribution in [0.4, 0.5) is 17.6 Å². The number of benzene rings is 1. The van der Waals surface area contributed by atoms with Crippen LogP contribution in [0.3, 0.4) is 0 Å². The normalized spacial score (nSPS) is 10.5. The number of aromatic nitrogens is 5. The summed E-state index contributed by atoms with van der Waals surface area (Å²) in [6.07, 6.45) is 7.45. The Morgan fingerprint density at radius 2 is 1.84 bits per heavy atom. The number of nitrogens with two attached hydrogens (primary N) is 1. The van der Waals surface area contributed by atoms with Crippen LogP contribution in [0.25, 0.3) is 11.4 Å². The van der Waals surface area contributed by atoms with E-state index in [-0.39, 0.29) is 5.56 Å². The quantitative estimate of drug-likeness (QED) is 0.441. The summed E-state index contributed by atoms with van der Waals surface area (Å²) in [5.41, 5.74) is 7.73. The third kappa shape index (κ3) is 4.84. The van der Waals surface area contributed by atoms with Crippen molar-refractivity contribution in [1.29, 1.82) is 0 Å². The van der Waals surface area contributed by atoms with Gasteiger partial charge in [0.25, 0.3) is 5.91 Å². The smallest absolute Gasteiger partial charge is 0.254 e. The van der Waals surface area contributed by atoms with E-state index in [1.807, 2.05) is 48.7 Å². The largest absolute Gasteiger partial charge is 0.365 e. The van der Waals surface area contributed by atoms with Crippen molar-refractivity contribution >= 4 is 23.5 Å². The van der Waals surface area contributed by atoms with Gasteiger partial charge in [0.2, 0.25) is 5.95 Å². The molecule has 1 aromatic carbocycles. The van der Waals surface area contributed by atoms with Crippen LogP contribution in [0.5, 0.6) is 0 Å². The van der Waals surface area contributed by atoms with Gasteiger partial charge in [-0.25, -0.2) is 15.0 Å². The summed E-state index contributed by atoms with van der Waals surface area (Å²) < 4.78 is 0. The average Bonchev–Trinajstić information content (AvgIpc) is 2.84. The molecule has 0 fully saturated rings. The van der Waals surface area contributed by atoms with Gasteiger partial charge in [0.05, 0.1) is 0 Å². The van der Waals surface area contributed by atoms with Crippen LogP contribution < -0.4 is 16.0 Å². The molecule has 9 nitrogen and oxygen atoms in total. The summed E-state index contributed by atoms with van der Waals surface area (Å²) in [7, 11) is 1.77. The standard InChI is InChI=1S/C23H22N8O/c1-31(19-10-13-27-23(29-19)26-12-9-16-6-5-11-25-14-16)22-18(20(24)32)15-28-21(30-22)17-7-3-2-4-8-17/h2-8,10-11,13-15H,9,12H2,1H3,(H2,24,32)(H,26,27,29). The van der Waals surface area contributed by atoms with Gasteiger partial charge in [0.1, 0.15) is 11.4 Å². The number of rotatable bonds is 8. The Kier molecular flexibility index (Phi) is 6.26. The number of carbonyl (C=O) groups excluding carboxylic acids is 1. The van der Waals surface area contributed by atoms with Gasteiger partial charge < -0.3 is 16.0 Å². The Hall–Kier alpha value is -4.40. The van der Waals surface area contributed by atoms with E-state index in [9.17, 15) is 4.79 Å². The zero-order valence-electron chi connectivity index (χ0n) is 17.5. The molecule has 0 spiro atoms. The number of carbonyl (C=O) groups is 1. The monoisotopic (exact) mass is 426 g/mol. The Morgan fingerprint density at radius 3 is 2.59 bits per heavy atom. The number of hydrogen-bond donors (Lipinski definition) is 2. The molecule has 0 saturated heterocycles. The van der Waals surface area contributed by atoms with Crippen molar-refractivity contribution in [1.82, 2.24) is 24.9 Å². The highest BCUT2D eigenvalue weighted by atomic mass is 16.1. The lowest BCUT2D eigenvalue weighted by atomic mass is 10.2.